The van der Waals surface area contributed by atoms with Crippen LogP contribution in [-0.4, -0.2) is 76.4 Å². The first kappa shape index (κ1) is 21.3. The van der Waals surface area contributed by atoms with E-state index in [2.05, 4.69) is 4.99 Å². The van der Waals surface area contributed by atoms with Crippen LogP contribution in [0.5, 0.6) is 0 Å². The Morgan fingerprint density at radius 3 is 2.61 bits per heavy atom. The van der Waals surface area contributed by atoms with Gasteiger partial charge in [0.05, 0.1) is 6.61 Å². The first-order valence-electron chi connectivity index (χ1n) is 8.44. The van der Waals surface area contributed by atoms with E-state index in [0.29, 0.717) is 5.17 Å². The van der Waals surface area contributed by atoms with Gasteiger partial charge in [0.2, 0.25) is 0 Å². The van der Waals surface area contributed by atoms with Crippen molar-refractivity contribution in [3.05, 3.63) is 35.6 Å². The number of aliphatic imine (C=N–C) groups is 1. The van der Waals surface area contributed by atoms with E-state index in [4.69, 9.17) is 9.47 Å². The standard InChI is InChI=1S/C17H20F4N2O4S/c1-23(2)16-22-10-11(24)12(25)13(27-15(10)28-16)14(17(19,20)21)26-7-8-4-3-5-9(18)6-8/h3-6,10-15,24-25H,7H2,1-2H3. The van der Waals surface area contributed by atoms with E-state index in [9.17, 15) is 27.8 Å². The molecule has 11 heteroatoms. The summed E-state index contributed by atoms with van der Waals surface area (Å²) in [5.41, 5.74) is -0.685. The third-order valence-electron chi connectivity index (χ3n) is 4.41. The molecule has 1 aromatic carbocycles. The van der Waals surface area contributed by atoms with Gasteiger partial charge in [-0.15, -0.1) is 0 Å². The molecule has 0 aliphatic carbocycles. The number of amidine groups is 1. The Morgan fingerprint density at radius 2 is 2.00 bits per heavy atom. The molecule has 1 saturated heterocycles. The number of halogens is 4. The average molecular weight is 424 g/mol. The van der Waals surface area contributed by atoms with E-state index < -0.39 is 54.5 Å². The summed E-state index contributed by atoms with van der Waals surface area (Å²) in [5, 5.41) is 21.1. The maximum absolute atomic E-state index is 13.6. The molecule has 0 amide bonds. The van der Waals surface area contributed by atoms with Crippen LogP contribution < -0.4 is 0 Å². The molecule has 2 aliphatic rings. The van der Waals surface area contributed by atoms with Crippen LogP contribution in [0.3, 0.4) is 0 Å². The summed E-state index contributed by atoms with van der Waals surface area (Å²) in [4.78, 5) is 5.85. The predicted octanol–water partition coefficient (Wildman–Crippen LogP) is 1.75. The van der Waals surface area contributed by atoms with Crippen LogP contribution in [0, 0.1) is 5.82 Å². The molecule has 6 nitrogen and oxygen atoms in total. The van der Waals surface area contributed by atoms with E-state index in [0.717, 1.165) is 23.9 Å². The highest BCUT2D eigenvalue weighted by atomic mass is 32.2. The molecule has 0 saturated carbocycles. The second-order valence-electron chi connectivity index (χ2n) is 6.77. The monoisotopic (exact) mass is 424 g/mol. The van der Waals surface area contributed by atoms with Gasteiger partial charge in [0.15, 0.2) is 11.3 Å². The molecule has 2 heterocycles. The van der Waals surface area contributed by atoms with Crippen LogP contribution in [0.4, 0.5) is 17.6 Å². The summed E-state index contributed by atoms with van der Waals surface area (Å²) < 4.78 is 64.6. The maximum atomic E-state index is 13.6. The van der Waals surface area contributed by atoms with Crippen molar-refractivity contribution in [2.45, 2.75) is 48.7 Å². The molecule has 156 valence electrons. The zero-order chi connectivity index (χ0) is 20.6. The Kier molecular flexibility index (Phi) is 6.20. The Morgan fingerprint density at radius 1 is 1.29 bits per heavy atom. The van der Waals surface area contributed by atoms with Gasteiger partial charge in [-0.2, -0.15) is 13.2 Å². The number of hydrogen-bond acceptors (Lipinski definition) is 7. The third-order valence-corrected chi connectivity index (χ3v) is 5.71. The largest absolute Gasteiger partial charge is 0.417 e. The van der Waals surface area contributed by atoms with Crippen LogP contribution in [0.2, 0.25) is 0 Å². The first-order chi connectivity index (χ1) is 13.1. The van der Waals surface area contributed by atoms with Crippen molar-refractivity contribution < 1.29 is 37.2 Å². The van der Waals surface area contributed by atoms with Crippen molar-refractivity contribution in [2.75, 3.05) is 14.1 Å². The fourth-order valence-electron chi connectivity index (χ4n) is 3.03. The molecular formula is C17H20F4N2O4S. The summed E-state index contributed by atoms with van der Waals surface area (Å²) in [6.45, 7) is -0.536. The fourth-order valence-corrected chi connectivity index (χ4v) is 4.18. The van der Waals surface area contributed by atoms with E-state index in [1.54, 1.807) is 19.0 Å². The van der Waals surface area contributed by atoms with E-state index >= 15 is 0 Å². The first-order valence-corrected chi connectivity index (χ1v) is 9.32. The summed E-state index contributed by atoms with van der Waals surface area (Å²) >= 11 is 1.07. The molecule has 1 aromatic rings. The third kappa shape index (κ3) is 4.43. The van der Waals surface area contributed by atoms with Crippen molar-refractivity contribution in [1.29, 1.82) is 0 Å². The number of benzene rings is 1. The topological polar surface area (TPSA) is 74.5 Å². The molecule has 28 heavy (non-hydrogen) atoms. The second kappa shape index (κ2) is 8.15. The second-order valence-corrected chi connectivity index (χ2v) is 7.83. The van der Waals surface area contributed by atoms with Gasteiger partial charge >= 0.3 is 6.18 Å². The Hall–Kier alpha value is -1.40. The normalized spacial score (nSPS) is 31.3. The zero-order valence-electron chi connectivity index (χ0n) is 15.0. The predicted molar refractivity (Wildman–Crippen MR) is 94.2 cm³/mol. The quantitative estimate of drug-likeness (QED) is 0.718. The lowest BCUT2D eigenvalue weighted by Gasteiger charge is -2.41. The van der Waals surface area contributed by atoms with Crippen molar-refractivity contribution in [2.24, 2.45) is 4.99 Å². The average Bonchev–Trinajstić information content (AvgIpc) is 3.03. The fraction of sp³-hybridized carbons (Fsp3) is 0.588. The van der Waals surface area contributed by atoms with Crippen LogP contribution in [0.15, 0.2) is 29.3 Å². The molecule has 6 unspecified atom stereocenters. The number of nitrogens with zero attached hydrogens (tertiary/aromatic N) is 2. The minimum Gasteiger partial charge on any atom is -0.388 e. The molecule has 0 aromatic heterocycles. The van der Waals surface area contributed by atoms with Gasteiger partial charge in [-0.3, -0.25) is 4.99 Å². The SMILES string of the molecule is CN(C)C1=NC2C(OC(C(OCc3cccc(F)c3)C(F)(F)F)C(O)C2O)S1. The number of hydrogen-bond donors (Lipinski definition) is 2. The minimum atomic E-state index is -4.87. The Bertz CT molecular complexity index is 733. The van der Waals surface area contributed by atoms with Crippen molar-refractivity contribution >= 4 is 16.9 Å². The lowest BCUT2D eigenvalue weighted by atomic mass is 9.94. The van der Waals surface area contributed by atoms with Crippen LogP contribution in [-0.2, 0) is 16.1 Å². The Balaban J connectivity index is 1.77. The molecular weight excluding hydrogens is 404 g/mol. The highest BCUT2D eigenvalue weighted by Crippen LogP contribution is 2.41. The molecule has 2 N–H and O–H groups in total. The van der Waals surface area contributed by atoms with Gasteiger partial charge in [-0.1, -0.05) is 23.9 Å². The van der Waals surface area contributed by atoms with Gasteiger partial charge in [-0.05, 0) is 17.7 Å². The number of aliphatic hydroxyl groups is 2. The molecule has 2 aliphatic heterocycles. The summed E-state index contributed by atoms with van der Waals surface area (Å²) in [5.74, 6) is -0.604. The van der Waals surface area contributed by atoms with Crippen LogP contribution >= 0.6 is 11.8 Å². The Labute approximate surface area is 163 Å². The van der Waals surface area contributed by atoms with Crippen LogP contribution in [0.1, 0.15) is 5.56 Å². The lowest BCUT2D eigenvalue weighted by molar-refractivity contribution is -0.286. The van der Waals surface area contributed by atoms with Gasteiger partial charge in [0.25, 0.3) is 0 Å². The van der Waals surface area contributed by atoms with E-state index in [1.807, 2.05) is 0 Å². The molecule has 0 spiro atoms. The highest BCUT2D eigenvalue weighted by molar-refractivity contribution is 8.14. The number of thioether (sulfide) groups is 1. The summed E-state index contributed by atoms with van der Waals surface area (Å²) in [6.07, 6.45) is -12.6. The highest BCUT2D eigenvalue weighted by Gasteiger charge is 2.57. The van der Waals surface area contributed by atoms with Crippen molar-refractivity contribution in [1.82, 2.24) is 4.90 Å². The van der Waals surface area contributed by atoms with Crippen LogP contribution in [0.25, 0.3) is 0 Å². The van der Waals surface area contributed by atoms with E-state index in [1.165, 1.54) is 12.1 Å². The minimum absolute atomic E-state index is 0.200. The molecule has 6 atom stereocenters. The number of alkyl halides is 3. The number of ether oxygens (including phenoxy) is 2. The number of aliphatic hydroxyl groups excluding tert-OH is 2. The number of rotatable bonds is 4. The van der Waals surface area contributed by atoms with Gasteiger partial charge in [0, 0.05) is 14.1 Å². The van der Waals surface area contributed by atoms with Crippen molar-refractivity contribution in [3.63, 3.8) is 0 Å². The van der Waals surface area contributed by atoms with Gasteiger partial charge < -0.3 is 24.6 Å². The molecule has 1 fully saturated rings. The maximum Gasteiger partial charge on any atom is 0.417 e. The summed E-state index contributed by atoms with van der Waals surface area (Å²) in [6, 6.07) is 4.11. The zero-order valence-corrected chi connectivity index (χ0v) is 15.8. The van der Waals surface area contributed by atoms with Crippen molar-refractivity contribution in [3.8, 4) is 0 Å². The number of fused-ring (bicyclic) bond motifs is 1. The lowest BCUT2D eigenvalue weighted by Crippen LogP contribution is -2.61. The molecule has 0 radical (unpaired) electrons. The molecule has 3 rings (SSSR count). The van der Waals surface area contributed by atoms with Gasteiger partial charge in [0.1, 0.15) is 35.6 Å². The van der Waals surface area contributed by atoms with E-state index in [-0.39, 0.29) is 5.56 Å². The molecule has 0 bridgehead atoms. The van der Waals surface area contributed by atoms with Gasteiger partial charge in [-0.25, -0.2) is 4.39 Å². The smallest absolute Gasteiger partial charge is 0.388 e. The summed E-state index contributed by atoms with van der Waals surface area (Å²) in [7, 11) is 3.40.